The standard InChI is InChI=1S/C23H29F3N3O2S/c1-22(2,3)19-14-32-21(28-19)17-10-16(11-29(12-17)20-13-30-9-8-27-20)15-4-6-18(7-5-15)31-23(24,25)26/h4-7,14,16-17,20H,8-13H2,1-3H3. The van der Waals surface area contributed by atoms with Crippen molar-refractivity contribution in [1.29, 1.82) is 0 Å². The summed E-state index contributed by atoms with van der Waals surface area (Å²) in [5.74, 6) is 0.196. The molecular weight excluding hydrogens is 439 g/mol. The number of likely N-dealkylation sites (tertiary alicyclic amines) is 1. The average Bonchev–Trinajstić information content (AvgIpc) is 3.25. The van der Waals surface area contributed by atoms with Crippen LogP contribution in [0.1, 0.15) is 55.3 Å². The molecule has 3 heterocycles. The zero-order chi connectivity index (χ0) is 22.9. The van der Waals surface area contributed by atoms with Gasteiger partial charge in [-0.05, 0) is 30.0 Å². The third-order valence-electron chi connectivity index (χ3n) is 5.97. The smallest absolute Gasteiger partial charge is 0.406 e. The predicted molar refractivity (Wildman–Crippen MR) is 117 cm³/mol. The van der Waals surface area contributed by atoms with Crippen molar-refractivity contribution in [2.45, 2.75) is 57.0 Å². The van der Waals surface area contributed by atoms with Crippen LogP contribution in [0.25, 0.3) is 0 Å². The lowest BCUT2D eigenvalue weighted by atomic mass is 9.84. The van der Waals surface area contributed by atoms with Crippen LogP contribution in [-0.4, -0.2) is 55.3 Å². The molecule has 0 amide bonds. The fourth-order valence-corrected chi connectivity index (χ4v) is 5.44. The van der Waals surface area contributed by atoms with Crippen LogP contribution in [0.15, 0.2) is 29.6 Å². The van der Waals surface area contributed by atoms with E-state index in [1.807, 2.05) is 0 Å². The first-order chi connectivity index (χ1) is 15.1. The molecule has 0 aliphatic carbocycles. The van der Waals surface area contributed by atoms with E-state index in [1.165, 1.54) is 12.1 Å². The second kappa shape index (κ2) is 9.29. The van der Waals surface area contributed by atoms with Crippen molar-refractivity contribution < 1.29 is 22.6 Å². The van der Waals surface area contributed by atoms with Gasteiger partial charge in [0.25, 0.3) is 0 Å². The number of rotatable bonds is 4. The molecule has 5 nitrogen and oxygen atoms in total. The number of aromatic nitrogens is 1. The van der Waals surface area contributed by atoms with Crippen molar-refractivity contribution in [3.8, 4) is 5.75 Å². The van der Waals surface area contributed by atoms with Crippen molar-refractivity contribution in [3.63, 3.8) is 0 Å². The number of alkyl halides is 3. The highest BCUT2D eigenvalue weighted by Crippen LogP contribution is 2.39. The van der Waals surface area contributed by atoms with E-state index in [0.717, 1.165) is 35.8 Å². The van der Waals surface area contributed by atoms with E-state index < -0.39 is 6.36 Å². The molecule has 0 saturated carbocycles. The first kappa shape index (κ1) is 23.5. The van der Waals surface area contributed by atoms with Crippen LogP contribution in [0.3, 0.4) is 0 Å². The van der Waals surface area contributed by atoms with Gasteiger partial charge >= 0.3 is 6.36 Å². The number of thiazole rings is 1. The van der Waals surface area contributed by atoms with Crippen molar-refractivity contribution in [1.82, 2.24) is 15.2 Å². The Balaban J connectivity index is 1.56. The summed E-state index contributed by atoms with van der Waals surface area (Å²) in [7, 11) is 0. The number of ether oxygens (including phenoxy) is 2. The third-order valence-corrected chi connectivity index (χ3v) is 6.97. The van der Waals surface area contributed by atoms with E-state index in [9.17, 15) is 13.2 Å². The van der Waals surface area contributed by atoms with E-state index in [2.05, 4.69) is 35.8 Å². The topological polar surface area (TPSA) is 48.7 Å². The second-order valence-corrected chi connectivity index (χ2v) is 10.4. The van der Waals surface area contributed by atoms with Crippen LogP contribution >= 0.6 is 11.3 Å². The molecule has 2 fully saturated rings. The number of piperidine rings is 1. The van der Waals surface area contributed by atoms with Gasteiger partial charge in [0.15, 0.2) is 0 Å². The van der Waals surface area contributed by atoms with Crippen LogP contribution in [-0.2, 0) is 10.2 Å². The number of hydrogen-bond donors (Lipinski definition) is 0. The summed E-state index contributed by atoms with van der Waals surface area (Å²) in [6.07, 6.45) is -3.79. The minimum atomic E-state index is -4.69. The van der Waals surface area contributed by atoms with Gasteiger partial charge < -0.3 is 9.47 Å². The van der Waals surface area contributed by atoms with Crippen LogP contribution < -0.4 is 10.1 Å². The first-order valence-corrected chi connectivity index (χ1v) is 11.8. The maximum Gasteiger partial charge on any atom is 0.573 e. The number of benzene rings is 1. The molecule has 0 spiro atoms. The highest BCUT2D eigenvalue weighted by Gasteiger charge is 2.36. The zero-order valence-electron chi connectivity index (χ0n) is 18.6. The van der Waals surface area contributed by atoms with Gasteiger partial charge in [-0.3, -0.25) is 4.90 Å². The molecule has 2 aromatic rings. The van der Waals surface area contributed by atoms with E-state index in [1.54, 1.807) is 23.5 Å². The lowest BCUT2D eigenvalue weighted by Crippen LogP contribution is -2.53. The van der Waals surface area contributed by atoms with Crippen molar-refractivity contribution in [2.75, 3.05) is 32.8 Å². The van der Waals surface area contributed by atoms with E-state index in [4.69, 9.17) is 15.0 Å². The van der Waals surface area contributed by atoms with Crippen LogP contribution in [0.4, 0.5) is 13.2 Å². The van der Waals surface area contributed by atoms with E-state index >= 15 is 0 Å². The van der Waals surface area contributed by atoms with E-state index in [0.29, 0.717) is 19.8 Å². The molecule has 2 saturated heterocycles. The summed E-state index contributed by atoms with van der Waals surface area (Å²) < 4.78 is 47.3. The predicted octanol–water partition coefficient (Wildman–Crippen LogP) is 4.87. The fraction of sp³-hybridized carbons (Fsp3) is 0.609. The quantitative estimate of drug-likeness (QED) is 0.642. The Labute approximate surface area is 190 Å². The van der Waals surface area contributed by atoms with E-state index in [-0.39, 0.29) is 29.2 Å². The summed E-state index contributed by atoms with van der Waals surface area (Å²) in [6.45, 7) is 10.0. The number of hydrogen-bond acceptors (Lipinski definition) is 5. The number of nitrogens with zero attached hydrogens (tertiary/aromatic N) is 3. The molecule has 1 radical (unpaired) electrons. The average molecular weight is 469 g/mol. The Bertz CT molecular complexity index is 889. The van der Waals surface area contributed by atoms with Gasteiger partial charge in [0.05, 0.1) is 30.1 Å². The lowest BCUT2D eigenvalue weighted by molar-refractivity contribution is -0.274. The molecule has 3 unspecified atom stereocenters. The normalized spacial score (nSPS) is 25.6. The summed E-state index contributed by atoms with van der Waals surface area (Å²) in [5, 5.41) is 8.00. The Morgan fingerprint density at radius 3 is 2.41 bits per heavy atom. The Morgan fingerprint density at radius 1 is 1.09 bits per heavy atom. The highest BCUT2D eigenvalue weighted by molar-refractivity contribution is 7.09. The molecule has 9 heteroatoms. The summed E-state index contributed by atoms with van der Waals surface area (Å²) in [6, 6.07) is 6.27. The molecule has 4 rings (SSSR count). The molecule has 3 atom stereocenters. The van der Waals surface area contributed by atoms with Gasteiger partial charge in [0, 0.05) is 36.3 Å². The minimum absolute atomic E-state index is 0.00364. The van der Waals surface area contributed by atoms with Crippen LogP contribution in [0.5, 0.6) is 5.75 Å². The molecule has 2 aliphatic heterocycles. The largest absolute Gasteiger partial charge is 0.573 e. The molecule has 1 aromatic heterocycles. The van der Waals surface area contributed by atoms with Gasteiger partial charge in [0.1, 0.15) is 5.75 Å². The molecular formula is C23H29F3N3O2S. The van der Waals surface area contributed by atoms with Gasteiger partial charge in [-0.15, -0.1) is 24.5 Å². The molecule has 0 N–H and O–H groups in total. The minimum Gasteiger partial charge on any atom is -0.406 e. The van der Waals surface area contributed by atoms with Crippen molar-refractivity contribution in [2.24, 2.45) is 0 Å². The summed E-state index contributed by atoms with van der Waals surface area (Å²) >= 11 is 1.69. The lowest BCUT2D eigenvalue weighted by Gasteiger charge is -2.42. The van der Waals surface area contributed by atoms with Gasteiger partial charge in [-0.1, -0.05) is 32.9 Å². The Hall–Kier alpha value is -1.68. The van der Waals surface area contributed by atoms with Crippen LogP contribution in [0, 0.1) is 0 Å². The third kappa shape index (κ3) is 5.81. The molecule has 32 heavy (non-hydrogen) atoms. The molecule has 175 valence electrons. The molecule has 1 aromatic carbocycles. The summed E-state index contributed by atoms with van der Waals surface area (Å²) in [4.78, 5) is 7.30. The fourth-order valence-electron chi connectivity index (χ4n) is 4.29. The first-order valence-electron chi connectivity index (χ1n) is 10.9. The highest BCUT2D eigenvalue weighted by atomic mass is 32.1. The second-order valence-electron chi connectivity index (χ2n) is 9.48. The monoisotopic (exact) mass is 468 g/mol. The number of halogens is 3. The zero-order valence-corrected chi connectivity index (χ0v) is 19.4. The molecule has 2 aliphatic rings. The van der Waals surface area contributed by atoms with Crippen molar-refractivity contribution >= 4 is 11.3 Å². The van der Waals surface area contributed by atoms with Gasteiger partial charge in [-0.2, -0.15) is 0 Å². The maximum atomic E-state index is 12.5. The number of morpholine rings is 1. The molecule has 0 bridgehead atoms. The Kier molecular flexibility index (Phi) is 6.81. The Morgan fingerprint density at radius 2 is 1.81 bits per heavy atom. The van der Waals surface area contributed by atoms with Gasteiger partial charge in [0.2, 0.25) is 0 Å². The van der Waals surface area contributed by atoms with Gasteiger partial charge in [-0.25, -0.2) is 10.3 Å². The maximum absolute atomic E-state index is 12.5. The summed E-state index contributed by atoms with van der Waals surface area (Å²) in [5.41, 5.74) is 2.08. The van der Waals surface area contributed by atoms with Crippen LogP contribution in [0.2, 0.25) is 0 Å². The SMILES string of the molecule is CC(C)(C)c1csc(C2CC(c3ccc(OC(F)(F)F)cc3)CN(C3COCC[N]3)C2)n1. The van der Waals surface area contributed by atoms with Crippen molar-refractivity contribution in [3.05, 3.63) is 45.9 Å².